The summed E-state index contributed by atoms with van der Waals surface area (Å²) in [5, 5.41) is 9.22. The molecule has 1 saturated heterocycles. The van der Waals surface area contributed by atoms with Crippen molar-refractivity contribution in [2.45, 2.75) is 43.5 Å². The van der Waals surface area contributed by atoms with Crippen molar-refractivity contribution in [3.05, 3.63) is 23.8 Å². The molecular formula is C14H20N2O4S. The number of anilines is 1. The molecule has 21 heavy (non-hydrogen) atoms. The Hall–Kier alpha value is -1.60. The largest absolute Gasteiger partial charge is 0.478 e. The van der Waals surface area contributed by atoms with Gasteiger partial charge in [0.15, 0.2) is 0 Å². The fourth-order valence-electron chi connectivity index (χ4n) is 2.75. The molecule has 7 heteroatoms. The van der Waals surface area contributed by atoms with Crippen molar-refractivity contribution in [1.29, 1.82) is 0 Å². The van der Waals surface area contributed by atoms with Crippen molar-refractivity contribution < 1.29 is 18.3 Å². The summed E-state index contributed by atoms with van der Waals surface area (Å²) >= 11 is 0. The van der Waals surface area contributed by atoms with Gasteiger partial charge in [0.2, 0.25) is 10.0 Å². The van der Waals surface area contributed by atoms with E-state index in [1.54, 1.807) is 0 Å². The normalized spacial score (nSPS) is 20.3. The van der Waals surface area contributed by atoms with Crippen LogP contribution >= 0.6 is 0 Å². The number of hydrogen-bond donors (Lipinski definition) is 2. The molecule has 3 N–H and O–H groups in total. The summed E-state index contributed by atoms with van der Waals surface area (Å²) in [6.07, 6.45) is 3.30. The van der Waals surface area contributed by atoms with Crippen molar-refractivity contribution in [2.24, 2.45) is 0 Å². The molecule has 0 aromatic heterocycles. The lowest BCUT2D eigenvalue weighted by Gasteiger charge is -2.34. The Labute approximate surface area is 124 Å². The third kappa shape index (κ3) is 3.03. The number of nitrogens with two attached hydrogens (primary N) is 1. The highest BCUT2D eigenvalue weighted by molar-refractivity contribution is 7.89. The van der Waals surface area contributed by atoms with Crippen LogP contribution in [0.1, 0.15) is 43.0 Å². The van der Waals surface area contributed by atoms with E-state index in [2.05, 4.69) is 0 Å². The molecule has 0 radical (unpaired) electrons. The fraction of sp³-hybridized carbons (Fsp3) is 0.500. The quantitative estimate of drug-likeness (QED) is 0.827. The molecule has 6 nitrogen and oxygen atoms in total. The van der Waals surface area contributed by atoms with E-state index in [1.807, 2.05) is 6.92 Å². The van der Waals surface area contributed by atoms with Gasteiger partial charge in [-0.1, -0.05) is 13.3 Å². The second kappa shape index (κ2) is 6.03. The lowest BCUT2D eigenvalue weighted by Crippen LogP contribution is -2.43. The van der Waals surface area contributed by atoms with Crippen molar-refractivity contribution >= 4 is 21.7 Å². The monoisotopic (exact) mass is 312 g/mol. The number of carbonyl (C=O) groups is 1. The second-order valence-corrected chi connectivity index (χ2v) is 7.09. The smallest absolute Gasteiger partial charge is 0.337 e. The van der Waals surface area contributed by atoms with Gasteiger partial charge in [0.1, 0.15) is 0 Å². The maximum Gasteiger partial charge on any atom is 0.337 e. The lowest BCUT2D eigenvalue weighted by atomic mass is 10.0. The van der Waals surface area contributed by atoms with Crippen LogP contribution in [-0.2, 0) is 10.0 Å². The molecule has 0 spiro atoms. The van der Waals surface area contributed by atoms with E-state index >= 15 is 0 Å². The number of benzene rings is 1. The number of hydrogen-bond acceptors (Lipinski definition) is 4. The highest BCUT2D eigenvalue weighted by Crippen LogP contribution is 2.29. The summed E-state index contributed by atoms with van der Waals surface area (Å²) in [6.45, 7) is 2.37. The average Bonchev–Trinajstić information content (AvgIpc) is 2.46. The van der Waals surface area contributed by atoms with Crippen LogP contribution in [0.2, 0.25) is 0 Å². The zero-order valence-corrected chi connectivity index (χ0v) is 12.8. The van der Waals surface area contributed by atoms with E-state index in [4.69, 9.17) is 5.73 Å². The van der Waals surface area contributed by atoms with Gasteiger partial charge in [-0.15, -0.1) is 0 Å². The van der Waals surface area contributed by atoms with Crippen LogP contribution in [0.4, 0.5) is 5.69 Å². The molecule has 1 heterocycles. The predicted molar refractivity (Wildman–Crippen MR) is 79.6 cm³/mol. The SMILES string of the molecule is CCC1CCCCN1S(=O)(=O)c1cc(N)ccc1C(=O)O. The maximum atomic E-state index is 12.8. The van der Waals surface area contributed by atoms with Crippen LogP contribution < -0.4 is 5.73 Å². The minimum absolute atomic E-state index is 0.0770. The number of nitrogens with zero attached hydrogens (tertiary/aromatic N) is 1. The fourth-order valence-corrected chi connectivity index (χ4v) is 4.74. The molecule has 1 aliphatic heterocycles. The van der Waals surface area contributed by atoms with Crippen molar-refractivity contribution in [3.63, 3.8) is 0 Å². The van der Waals surface area contributed by atoms with Gasteiger partial charge in [0.25, 0.3) is 0 Å². The highest BCUT2D eigenvalue weighted by Gasteiger charge is 2.35. The molecule has 0 amide bonds. The molecule has 1 aromatic carbocycles. The molecule has 0 aliphatic carbocycles. The van der Waals surface area contributed by atoms with Crippen LogP contribution in [0.5, 0.6) is 0 Å². The maximum absolute atomic E-state index is 12.8. The summed E-state index contributed by atoms with van der Waals surface area (Å²) in [5.74, 6) is -1.27. The van der Waals surface area contributed by atoms with Gasteiger partial charge in [-0.3, -0.25) is 0 Å². The van der Waals surface area contributed by atoms with E-state index in [0.717, 1.165) is 19.3 Å². The molecular weight excluding hydrogens is 292 g/mol. The molecule has 1 aromatic rings. The summed E-state index contributed by atoms with van der Waals surface area (Å²) < 4.78 is 27.1. The molecule has 1 unspecified atom stereocenters. The minimum Gasteiger partial charge on any atom is -0.478 e. The molecule has 1 atom stereocenters. The number of sulfonamides is 1. The molecule has 0 bridgehead atoms. The minimum atomic E-state index is -3.85. The number of nitrogen functional groups attached to an aromatic ring is 1. The average molecular weight is 312 g/mol. The topological polar surface area (TPSA) is 101 Å². The number of carboxylic acid groups (broad SMARTS) is 1. The molecule has 0 saturated carbocycles. The third-order valence-corrected chi connectivity index (χ3v) is 5.86. The van der Waals surface area contributed by atoms with E-state index in [1.165, 1.54) is 22.5 Å². The predicted octanol–water partition coefficient (Wildman–Crippen LogP) is 1.92. The Morgan fingerprint density at radius 2 is 2.14 bits per heavy atom. The van der Waals surface area contributed by atoms with E-state index in [9.17, 15) is 18.3 Å². The number of carboxylic acids is 1. The summed E-state index contributed by atoms with van der Waals surface area (Å²) in [6, 6.07) is 3.80. The number of rotatable bonds is 4. The van der Waals surface area contributed by atoms with Crippen molar-refractivity contribution in [2.75, 3.05) is 12.3 Å². The van der Waals surface area contributed by atoms with Crippen LogP contribution in [0.3, 0.4) is 0 Å². The lowest BCUT2D eigenvalue weighted by molar-refractivity contribution is 0.0692. The Balaban J connectivity index is 2.53. The van der Waals surface area contributed by atoms with Crippen LogP contribution in [0, 0.1) is 0 Å². The first-order chi connectivity index (χ1) is 9.87. The van der Waals surface area contributed by atoms with E-state index in [0.29, 0.717) is 13.0 Å². The first kappa shape index (κ1) is 15.8. The third-order valence-electron chi connectivity index (χ3n) is 3.87. The van der Waals surface area contributed by atoms with E-state index in [-0.39, 0.29) is 22.2 Å². The molecule has 1 fully saturated rings. The standard InChI is InChI=1S/C14H20N2O4S/c1-2-11-5-3-4-8-16(11)21(19,20)13-9-10(15)6-7-12(13)14(17)18/h6-7,9,11H,2-5,8,15H2,1H3,(H,17,18). The number of piperidine rings is 1. The second-order valence-electron chi connectivity index (χ2n) is 5.23. The first-order valence-electron chi connectivity index (χ1n) is 7.02. The zero-order chi connectivity index (χ0) is 15.6. The van der Waals surface area contributed by atoms with Gasteiger partial charge < -0.3 is 10.8 Å². The van der Waals surface area contributed by atoms with Crippen LogP contribution in [-0.4, -0.2) is 36.4 Å². The molecule has 1 aliphatic rings. The molecule has 116 valence electrons. The van der Waals surface area contributed by atoms with Gasteiger partial charge in [0, 0.05) is 18.3 Å². The Morgan fingerprint density at radius 3 is 2.76 bits per heavy atom. The van der Waals surface area contributed by atoms with Gasteiger partial charge in [-0.05, 0) is 37.5 Å². The summed E-state index contributed by atoms with van der Waals surface area (Å²) in [4.78, 5) is 11.1. The summed E-state index contributed by atoms with van der Waals surface area (Å²) in [5.41, 5.74) is 5.65. The Kier molecular flexibility index (Phi) is 4.53. The number of aromatic carboxylic acids is 1. The zero-order valence-electron chi connectivity index (χ0n) is 11.9. The first-order valence-corrected chi connectivity index (χ1v) is 8.46. The van der Waals surface area contributed by atoms with E-state index < -0.39 is 16.0 Å². The van der Waals surface area contributed by atoms with Gasteiger partial charge >= 0.3 is 5.97 Å². The van der Waals surface area contributed by atoms with Crippen LogP contribution in [0.15, 0.2) is 23.1 Å². The van der Waals surface area contributed by atoms with Gasteiger partial charge in [0.05, 0.1) is 10.5 Å². The Bertz CT molecular complexity index is 642. The van der Waals surface area contributed by atoms with Gasteiger partial charge in [-0.2, -0.15) is 4.31 Å². The van der Waals surface area contributed by atoms with Crippen molar-refractivity contribution in [1.82, 2.24) is 4.31 Å². The molecule has 2 rings (SSSR count). The van der Waals surface area contributed by atoms with Crippen LogP contribution in [0.25, 0.3) is 0 Å². The van der Waals surface area contributed by atoms with Gasteiger partial charge in [-0.25, -0.2) is 13.2 Å². The van der Waals surface area contributed by atoms with Crippen molar-refractivity contribution in [3.8, 4) is 0 Å². The Morgan fingerprint density at radius 1 is 1.43 bits per heavy atom. The highest BCUT2D eigenvalue weighted by atomic mass is 32.2. The summed E-state index contributed by atoms with van der Waals surface area (Å²) in [7, 11) is -3.85.